The van der Waals surface area contributed by atoms with Crippen molar-refractivity contribution in [3.05, 3.63) is 41.8 Å². The minimum atomic E-state index is -0.0556. The molecule has 22 heavy (non-hydrogen) atoms. The fourth-order valence-electron chi connectivity index (χ4n) is 2.87. The van der Waals surface area contributed by atoms with Gasteiger partial charge in [0, 0.05) is 12.2 Å². The Bertz CT molecular complexity index is 797. The van der Waals surface area contributed by atoms with Crippen LogP contribution in [0, 0.1) is 0 Å². The summed E-state index contributed by atoms with van der Waals surface area (Å²) in [7, 11) is 0. The Hall–Kier alpha value is -1.98. The van der Waals surface area contributed by atoms with Crippen molar-refractivity contribution in [2.45, 2.75) is 25.5 Å². The number of halogens is 1. The van der Waals surface area contributed by atoms with Crippen LogP contribution >= 0.6 is 11.6 Å². The molecule has 0 saturated carbocycles. The van der Waals surface area contributed by atoms with Gasteiger partial charge in [-0.05, 0) is 19.3 Å². The number of aromatic nitrogens is 4. The SMILES string of the molecule is Clc1ncnc2c1nc(-c1ccccc1)n2C1CCCCO1. The van der Waals surface area contributed by atoms with Gasteiger partial charge in [-0.2, -0.15) is 0 Å². The number of ether oxygens (including phenoxy) is 1. The second-order valence-electron chi connectivity index (χ2n) is 5.33. The van der Waals surface area contributed by atoms with Crippen molar-refractivity contribution >= 4 is 22.8 Å². The van der Waals surface area contributed by atoms with Crippen molar-refractivity contribution in [2.24, 2.45) is 0 Å². The molecule has 1 saturated heterocycles. The fraction of sp³-hybridized carbons (Fsp3) is 0.312. The number of hydrogen-bond acceptors (Lipinski definition) is 4. The lowest BCUT2D eigenvalue weighted by molar-refractivity contribution is -0.0287. The normalized spacial score (nSPS) is 18.7. The Morgan fingerprint density at radius 3 is 2.77 bits per heavy atom. The highest BCUT2D eigenvalue weighted by molar-refractivity contribution is 6.33. The van der Waals surface area contributed by atoms with Crippen LogP contribution in [0.25, 0.3) is 22.6 Å². The van der Waals surface area contributed by atoms with Crippen LogP contribution in [0.2, 0.25) is 5.15 Å². The summed E-state index contributed by atoms with van der Waals surface area (Å²) in [5.41, 5.74) is 2.37. The topological polar surface area (TPSA) is 52.8 Å². The Morgan fingerprint density at radius 2 is 2.00 bits per heavy atom. The summed E-state index contributed by atoms with van der Waals surface area (Å²) < 4.78 is 8.00. The molecule has 3 heterocycles. The molecule has 1 fully saturated rings. The van der Waals surface area contributed by atoms with E-state index in [1.54, 1.807) is 0 Å². The van der Waals surface area contributed by atoms with Crippen molar-refractivity contribution in [2.75, 3.05) is 6.61 Å². The molecule has 1 atom stereocenters. The smallest absolute Gasteiger partial charge is 0.167 e. The zero-order valence-electron chi connectivity index (χ0n) is 11.9. The van der Waals surface area contributed by atoms with Gasteiger partial charge in [-0.15, -0.1) is 0 Å². The first-order valence-corrected chi connectivity index (χ1v) is 7.78. The van der Waals surface area contributed by atoms with Crippen LogP contribution in [0.1, 0.15) is 25.5 Å². The van der Waals surface area contributed by atoms with Gasteiger partial charge >= 0.3 is 0 Å². The van der Waals surface area contributed by atoms with Gasteiger partial charge in [0.2, 0.25) is 0 Å². The van der Waals surface area contributed by atoms with Crippen molar-refractivity contribution in [3.8, 4) is 11.4 Å². The Morgan fingerprint density at radius 1 is 1.14 bits per heavy atom. The van der Waals surface area contributed by atoms with Crippen molar-refractivity contribution < 1.29 is 4.74 Å². The maximum absolute atomic E-state index is 6.20. The van der Waals surface area contributed by atoms with Gasteiger partial charge < -0.3 is 4.74 Å². The second kappa shape index (κ2) is 5.66. The van der Waals surface area contributed by atoms with Gasteiger partial charge in [-0.25, -0.2) is 15.0 Å². The molecule has 0 radical (unpaired) electrons. The molecule has 0 bridgehead atoms. The molecule has 1 unspecified atom stereocenters. The summed E-state index contributed by atoms with van der Waals surface area (Å²) >= 11 is 6.20. The lowest BCUT2D eigenvalue weighted by Gasteiger charge is -2.25. The van der Waals surface area contributed by atoms with Gasteiger partial charge in [0.05, 0.1) is 0 Å². The largest absolute Gasteiger partial charge is 0.358 e. The summed E-state index contributed by atoms with van der Waals surface area (Å²) in [5, 5.41) is 0.372. The number of benzene rings is 1. The highest BCUT2D eigenvalue weighted by Crippen LogP contribution is 2.33. The van der Waals surface area contributed by atoms with E-state index in [4.69, 9.17) is 16.3 Å². The standard InChI is InChI=1S/C16H15ClN4O/c17-14-13-16(19-10-18-14)21(12-8-4-5-9-22-12)15(20-13)11-6-2-1-3-7-11/h1-3,6-7,10,12H,4-5,8-9H2. The van der Waals surface area contributed by atoms with Crippen molar-refractivity contribution in [3.63, 3.8) is 0 Å². The first-order chi connectivity index (χ1) is 10.8. The molecule has 0 spiro atoms. The molecule has 0 amide bonds. The molecule has 1 aliphatic rings. The van der Waals surface area contributed by atoms with E-state index in [1.807, 2.05) is 30.3 Å². The zero-order valence-corrected chi connectivity index (χ0v) is 12.7. The van der Waals surface area contributed by atoms with Crippen molar-refractivity contribution in [1.29, 1.82) is 0 Å². The molecule has 2 aromatic heterocycles. The fourth-order valence-corrected chi connectivity index (χ4v) is 3.04. The predicted molar refractivity (Wildman–Crippen MR) is 84.6 cm³/mol. The zero-order chi connectivity index (χ0) is 14.9. The van der Waals surface area contributed by atoms with Crippen LogP contribution < -0.4 is 0 Å². The third kappa shape index (κ3) is 2.26. The Labute approximate surface area is 132 Å². The van der Waals surface area contributed by atoms with E-state index in [0.29, 0.717) is 10.7 Å². The van der Waals surface area contributed by atoms with Crippen LogP contribution in [0.15, 0.2) is 36.7 Å². The van der Waals surface area contributed by atoms with Crippen LogP contribution in [0.4, 0.5) is 0 Å². The van der Waals surface area contributed by atoms with Crippen LogP contribution in [-0.2, 0) is 4.74 Å². The van der Waals surface area contributed by atoms with Gasteiger partial charge in [0.25, 0.3) is 0 Å². The number of imidazole rings is 1. The molecule has 6 heteroatoms. The number of hydrogen-bond donors (Lipinski definition) is 0. The number of rotatable bonds is 2. The van der Waals surface area contributed by atoms with Crippen molar-refractivity contribution in [1.82, 2.24) is 19.5 Å². The first-order valence-electron chi connectivity index (χ1n) is 7.40. The third-order valence-electron chi connectivity index (χ3n) is 3.91. The molecule has 1 aliphatic heterocycles. The summed E-state index contributed by atoms with van der Waals surface area (Å²) in [6.45, 7) is 0.761. The lowest BCUT2D eigenvalue weighted by Crippen LogP contribution is -2.19. The van der Waals surface area contributed by atoms with E-state index in [1.165, 1.54) is 6.33 Å². The van der Waals surface area contributed by atoms with Gasteiger partial charge in [-0.3, -0.25) is 4.57 Å². The molecule has 5 nitrogen and oxygen atoms in total. The van der Waals surface area contributed by atoms with E-state index < -0.39 is 0 Å². The summed E-state index contributed by atoms with van der Waals surface area (Å²) in [6.07, 6.45) is 4.60. The maximum atomic E-state index is 6.20. The van der Waals surface area contributed by atoms with Crippen LogP contribution in [-0.4, -0.2) is 26.1 Å². The molecule has 4 rings (SSSR count). The summed E-state index contributed by atoms with van der Waals surface area (Å²) in [6, 6.07) is 10.0. The van der Waals surface area contributed by atoms with E-state index in [0.717, 1.165) is 42.9 Å². The predicted octanol–water partition coefficient (Wildman–Crippen LogP) is 3.85. The summed E-state index contributed by atoms with van der Waals surface area (Å²) in [5.74, 6) is 0.824. The van der Waals surface area contributed by atoms with Crippen LogP contribution in [0.5, 0.6) is 0 Å². The van der Waals surface area contributed by atoms with Gasteiger partial charge in [0.15, 0.2) is 10.8 Å². The number of fused-ring (bicyclic) bond motifs is 1. The minimum Gasteiger partial charge on any atom is -0.358 e. The Balaban J connectivity index is 1.96. The van der Waals surface area contributed by atoms with E-state index in [-0.39, 0.29) is 6.23 Å². The van der Waals surface area contributed by atoms with E-state index >= 15 is 0 Å². The highest BCUT2D eigenvalue weighted by Gasteiger charge is 2.24. The summed E-state index contributed by atoms with van der Waals surface area (Å²) in [4.78, 5) is 13.1. The third-order valence-corrected chi connectivity index (χ3v) is 4.18. The average Bonchev–Trinajstić information content (AvgIpc) is 2.97. The van der Waals surface area contributed by atoms with E-state index in [9.17, 15) is 0 Å². The monoisotopic (exact) mass is 314 g/mol. The number of nitrogens with zero attached hydrogens (tertiary/aromatic N) is 4. The minimum absolute atomic E-state index is 0.0556. The van der Waals surface area contributed by atoms with E-state index in [2.05, 4.69) is 19.5 Å². The molecule has 1 aromatic carbocycles. The molecule has 3 aromatic rings. The molecule has 112 valence electrons. The maximum Gasteiger partial charge on any atom is 0.167 e. The lowest BCUT2D eigenvalue weighted by atomic mass is 10.1. The quantitative estimate of drug-likeness (QED) is 0.674. The van der Waals surface area contributed by atoms with Gasteiger partial charge in [-0.1, -0.05) is 41.9 Å². The molecular weight excluding hydrogens is 300 g/mol. The highest BCUT2D eigenvalue weighted by atomic mass is 35.5. The van der Waals surface area contributed by atoms with Crippen LogP contribution in [0.3, 0.4) is 0 Å². The average molecular weight is 315 g/mol. The second-order valence-corrected chi connectivity index (χ2v) is 5.69. The first kappa shape index (κ1) is 13.7. The molecule has 0 N–H and O–H groups in total. The molecular formula is C16H15ClN4O. The molecule has 0 aliphatic carbocycles. The van der Waals surface area contributed by atoms with Gasteiger partial charge in [0.1, 0.15) is 23.9 Å². The Kier molecular flexibility index (Phi) is 3.52.